The number of imide groups is 1. The molecule has 3 aliphatic rings. The van der Waals surface area contributed by atoms with Gasteiger partial charge < -0.3 is 0 Å². The summed E-state index contributed by atoms with van der Waals surface area (Å²) in [7, 11) is 0. The van der Waals surface area contributed by atoms with Crippen LogP contribution in [0.1, 0.15) is 18.0 Å². The van der Waals surface area contributed by atoms with Crippen LogP contribution in [-0.4, -0.2) is 41.0 Å². The Balaban J connectivity index is 1.59. The fourth-order valence-electron chi connectivity index (χ4n) is 4.60. The zero-order valence-electron chi connectivity index (χ0n) is 14.1. The summed E-state index contributed by atoms with van der Waals surface area (Å²) in [5.41, 5.74) is 1.68. The van der Waals surface area contributed by atoms with Crippen molar-refractivity contribution in [2.75, 3.05) is 18.0 Å². The van der Waals surface area contributed by atoms with Crippen LogP contribution in [0.2, 0.25) is 5.02 Å². The van der Waals surface area contributed by atoms with Crippen LogP contribution in [0, 0.1) is 5.92 Å². The van der Waals surface area contributed by atoms with E-state index in [1.54, 1.807) is 0 Å². The van der Waals surface area contributed by atoms with E-state index in [-0.39, 0.29) is 23.8 Å². The Kier molecular flexibility index (Phi) is 3.64. The molecule has 26 heavy (non-hydrogen) atoms. The number of carbonyl (C=O) groups is 2. The average Bonchev–Trinajstić information content (AvgIpc) is 3.29. The molecule has 2 aromatic rings. The fraction of sp³-hybridized carbons (Fsp3) is 0.300. The van der Waals surface area contributed by atoms with E-state index < -0.39 is 6.04 Å². The van der Waals surface area contributed by atoms with E-state index in [0.717, 1.165) is 25.1 Å². The van der Waals surface area contributed by atoms with Crippen LogP contribution in [0.25, 0.3) is 0 Å². The predicted molar refractivity (Wildman–Crippen MR) is 98.4 cm³/mol. The molecule has 6 heteroatoms. The molecular formula is C20H18ClN3O2. The van der Waals surface area contributed by atoms with Gasteiger partial charge in [-0.3, -0.25) is 9.59 Å². The van der Waals surface area contributed by atoms with Crippen molar-refractivity contribution in [3.8, 4) is 0 Å². The van der Waals surface area contributed by atoms with Gasteiger partial charge in [-0.2, -0.15) is 0 Å². The molecular weight excluding hydrogens is 350 g/mol. The first-order chi connectivity index (χ1) is 12.7. The van der Waals surface area contributed by atoms with E-state index in [1.165, 1.54) is 4.90 Å². The van der Waals surface area contributed by atoms with Gasteiger partial charge in [0.1, 0.15) is 6.04 Å². The van der Waals surface area contributed by atoms with Crippen molar-refractivity contribution in [1.82, 2.24) is 10.0 Å². The van der Waals surface area contributed by atoms with Crippen molar-refractivity contribution in [2.45, 2.75) is 18.5 Å². The Morgan fingerprint density at radius 1 is 0.808 bits per heavy atom. The summed E-state index contributed by atoms with van der Waals surface area (Å²) < 4.78 is 0. The Morgan fingerprint density at radius 2 is 1.46 bits per heavy atom. The zero-order valence-corrected chi connectivity index (χ0v) is 14.8. The third kappa shape index (κ3) is 2.18. The molecule has 3 aliphatic heterocycles. The highest BCUT2D eigenvalue weighted by Gasteiger charge is 2.62. The number of hydrogen-bond acceptors (Lipinski definition) is 4. The molecule has 0 saturated carbocycles. The zero-order chi connectivity index (χ0) is 17.8. The molecule has 0 radical (unpaired) electrons. The monoisotopic (exact) mass is 367 g/mol. The van der Waals surface area contributed by atoms with E-state index >= 15 is 0 Å². The minimum atomic E-state index is -0.411. The van der Waals surface area contributed by atoms with Crippen molar-refractivity contribution in [3.05, 3.63) is 65.2 Å². The van der Waals surface area contributed by atoms with Gasteiger partial charge in [0.15, 0.2) is 0 Å². The van der Waals surface area contributed by atoms with E-state index in [4.69, 9.17) is 11.6 Å². The second-order valence-electron chi connectivity index (χ2n) is 6.99. The largest absolute Gasteiger partial charge is 0.274 e. The first-order valence-electron chi connectivity index (χ1n) is 8.88. The molecule has 0 spiro atoms. The topological polar surface area (TPSA) is 43.9 Å². The lowest BCUT2D eigenvalue weighted by atomic mass is 9.90. The van der Waals surface area contributed by atoms with Gasteiger partial charge >= 0.3 is 0 Å². The Morgan fingerprint density at radius 3 is 2.15 bits per heavy atom. The van der Waals surface area contributed by atoms with Gasteiger partial charge in [0.25, 0.3) is 5.91 Å². The molecule has 132 valence electrons. The summed E-state index contributed by atoms with van der Waals surface area (Å²) >= 11 is 6.04. The number of para-hydroxylation sites is 1. The molecule has 5 rings (SSSR count). The molecule has 5 nitrogen and oxygen atoms in total. The lowest BCUT2D eigenvalue weighted by Gasteiger charge is -2.29. The van der Waals surface area contributed by atoms with E-state index in [0.29, 0.717) is 10.7 Å². The molecule has 3 fully saturated rings. The molecule has 0 N–H and O–H groups in total. The van der Waals surface area contributed by atoms with E-state index in [1.807, 2.05) is 54.6 Å². The van der Waals surface area contributed by atoms with Crippen molar-refractivity contribution >= 4 is 29.1 Å². The molecule has 2 amide bonds. The van der Waals surface area contributed by atoms with Gasteiger partial charge in [0, 0.05) is 18.1 Å². The number of halogens is 1. The van der Waals surface area contributed by atoms with Crippen LogP contribution >= 0.6 is 11.6 Å². The normalized spacial score (nSPS) is 28.7. The van der Waals surface area contributed by atoms with Crippen molar-refractivity contribution in [2.24, 2.45) is 5.92 Å². The van der Waals surface area contributed by atoms with Crippen LogP contribution in [0.5, 0.6) is 0 Å². The standard InChI is InChI=1S/C20H18ClN3O2/c21-14-9-7-13(8-10-14)17-16-18(23-12-4-11-22(17)23)20(26)24(19(16)25)15-5-2-1-3-6-15/h1-3,5-10,16-18H,4,11-12H2/t16-,17+,18-/m1/s1. The predicted octanol–water partition coefficient (Wildman–Crippen LogP) is 2.88. The minimum absolute atomic E-state index is 0.111. The lowest BCUT2D eigenvalue weighted by molar-refractivity contribution is -0.126. The lowest BCUT2D eigenvalue weighted by Crippen LogP contribution is -2.44. The molecule has 0 aliphatic carbocycles. The first-order valence-corrected chi connectivity index (χ1v) is 9.26. The van der Waals surface area contributed by atoms with Crippen molar-refractivity contribution < 1.29 is 9.59 Å². The number of anilines is 1. The van der Waals surface area contributed by atoms with Crippen molar-refractivity contribution in [3.63, 3.8) is 0 Å². The summed E-state index contributed by atoms with van der Waals surface area (Å²) in [5, 5.41) is 4.98. The van der Waals surface area contributed by atoms with Crippen LogP contribution in [0.4, 0.5) is 5.69 Å². The fourth-order valence-corrected chi connectivity index (χ4v) is 4.73. The molecule has 0 bridgehead atoms. The Labute approximate surface area is 156 Å². The molecule has 2 aromatic carbocycles. The van der Waals surface area contributed by atoms with Crippen LogP contribution < -0.4 is 4.90 Å². The number of fused-ring (bicyclic) bond motifs is 3. The first kappa shape index (κ1) is 16.0. The van der Waals surface area contributed by atoms with E-state index in [2.05, 4.69) is 10.0 Å². The number of hydrazine groups is 1. The summed E-state index contributed by atoms with van der Waals surface area (Å²) in [5.74, 6) is -0.612. The van der Waals surface area contributed by atoms with Gasteiger partial charge in [-0.25, -0.2) is 14.9 Å². The van der Waals surface area contributed by atoms with Gasteiger partial charge in [0.2, 0.25) is 5.91 Å². The maximum atomic E-state index is 13.3. The number of hydrogen-bond donors (Lipinski definition) is 0. The Hall–Kier alpha value is -2.21. The van der Waals surface area contributed by atoms with Gasteiger partial charge in [-0.15, -0.1) is 0 Å². The van der Waals surface area contributed by atoms with Gasteiger partial charge in [-0.1, -0.05) is 41.9 Å². The summed E-state index contributed by atoms with van der Waals surface area (Å²) in [6.45, 7) is 1.68. The highest BCUT2D eigenvalue weighted by Crippen LogP contribution is 2.48. The number of carbonyl (C=O) groups excluding carboxylic acids is 2. The minimum Gasteiger partial charge on any atom is -0.274 e. The average molecular weight is 368 g/mol. The Bertz CT molecular complexity index is 870. The van der Waals surface area contributed by atoms with Gasteiger partial charge in [-0.05, 0) is 36.2 Å². The maximum absolute atomic E-state index is 13.3. The summed E-state index contributed by atoms with van der Waals surface area (Å²) in [6.07, 6.45) is 1.00. The second-order valence-corrected chi connectivity index (χ2v) is 7.43. The van der Waals surface area contributed by atoms with Crippen molar-refractivity contribution in [1.29, 1.82) is 0 Å². The molecule has 3 atom stereocenters. The van der Waals surface area contributed by atoms with Crippen LogP contribution in [0.15, 0.2) is 54.6 Å². The number of rotatable bonds is 2. The number of benzene rings is 2. The smallest absolute Gasteiger partial charge is 0.253 e. The quantitative estimate of drug-likeness (QED) is 0.766. The second kappa shape index (κ2) is 5.91. The summed E-state index contributed by atoms with van der Waals surface area (Å²) in [4.78, 5) is 27.9. The van der Waals surface area contributed by atoms with Crippen LogP contribution in [-0.2, 0) is 9.59 Å². The third-order valence-corrected chi connectivity index (χ3v) is 5.88. The highest BCUT2D eigenvalue weighted by atomic mass is 35.5. The maximum Gasteiger partial charge on any atom is 0.253 e. The molecule has 0 aromatic heterocycles. The molecule has 3 heterocycles. The van der Waals surface area contributed by atoms with Gasteiger partial charge in [0.05, 0.1) is 17.6 Å². The SMILES string of the molecule is O=C1[C@H]2[C@H](C(=O)N1c1ccccc1)N1CCCN1[C@H]2c1ccc(Cl)cc1. The summed E-state index contributed by atoms with van der Waals surface area (Å²) in [6, 6.07) is 16.3. The molecule has 3 saturated heterocycles. The third-order valence-electron chi connectivity index (χ3n) is 5.63. The van der Waals surface area contributed by atoms with Crippen LogP contribution in [0.3, 0.4) is 0 Å². The highest BCUT2D eigenvalue weighted by molar-refractivity contribution is 6.30. The molecule has 0 unspecified atom stereocenters. The van der Waals surface area contributed by atoms with E-state index in [9.17, 15) is 9.59 Å². The number of amides is 2. The number of nitrogens with zero attached hydrogens (tertiary/aromatic N) is 3.